The Morgan fingerprint density at radius 1 is 0.483 bits per heavy atom. The average molecular weight is 519 g/mol. The third-order valence-corrected chi connectivity index (χ3v) is 4.49. The molecule has 0 saturated heterocycles. The van der Waals surface area contributed by atoms with Gasteiger partial charge in [0.1, 0.15) is 0 Å². The van der Waals surface area contributed by atoms with Crippen LogP contribution in [0.4, 0.5) is 0 Å². The Bertz CT molecular complexity index is 303. The summed E-state index contributed by atoms with van der Waals surface area (Å²) in [6, 6.07) is 0. The van der Waals surface area contributed by atoms with Gasteiger partial charge in [0.05, 0.1) is 13.2 Å². The molecule has 0 unspecified atom stereocenters. The summed E-state index contributed by atoms with van der Waals surface area (Å²) in [5.74, 6) is -0.0371. The molecule has 5 heteroatoms. The molecule has 0 amide bonds. The predicted molar refractivity (Wildman–Crippen MR) is 124 cm³/mol. The van der Waals surface area contributed by atoms with Crippen LogP contribution in [0.25, 0.3) is 0 Å². The fourth-order valence-corrected chi connectivity index (χ4v) is 2.55. The Balaban J connectivity index is -0.000000451. The average Bonchev–Trinajstić information content (AvgIpc) is 2.68. The van der Waals surface area contributed by atoms with Gasteiger partial charge in [-0.15, -0.1) is 0 Å². The Morgan fingerprint density at radius 2 is 0.793 bits per heavy atom. The summed E-state index contributed by atoms with van der Waals surface area (Å²) in [4.78, 5) is 22.3. The first-order valence-electron chi connectivity index (χ1n) is 11.9. The Labute approximate surface area is 198 Å². The summed E-state index contributed by atoms with van der Waals surface area (Å²) < 4.78 is 10.1. The van der Waals surface area contributed by atoms with Crippen molar-refractivity contribution in [2.45, 2.75) is 130 Å². The number of rotatable bonds is 18. The maximum absolute atomic E-state index is 11.1. The van der Waals surface area contributed by atoms with Gasteiger partial charge in [0.2, 0.25) is 0 Å². The predicted octanol–water partition coefficient (Wildman–Crippen LogP) is 7.00. The largest absolute Gasteiger partial charge is 0.466 e. The van der Waals surface area contributed by atoms with Gasteiger partial charge in [0, 0.05) is 36.7 Å². The van der Waals surface area contributed by atoms with E-state index < -0.39 is 0 Å². The zero-order chi connectivity index (χ0) is 21.3. The second-order valence-electron chi connectivity index (χ2n) is 7.48. The van der Waals surface area contributed by atoms with Gasteiger partial charge in [-0.3, -0.25) is 9.59 Å². The van der Waals surface area contributed by atoms with E-state index in [9.17, 15) is 9.59 Å². The van der Waals surface area contributed by atoms with Crippen molar-refractivity contribution < 1.29 is 19.1 Å². The van der Waals surface area contributed by atoms with Crippen LogP contribution in [0.5, 0.6) is 0 Å². The standard InChI is InChI=1S/2C12H24O2.Sn/c2*1-3-5-7-8-9-10-12(13)14-11-6-4-2;/h2*3-11H2,1-2H3;. The first-order chi connectivity index (χ1) is 13.6. The molecule has 0 aromatic heterocycles. The smallest absolute Gasteiger partial charge is 0.305 e. The quantitative estimate of drug-likeness (QED) is 0.111. The van der Waals surface area contributed by atoms with Gasteiger partial charge in [0.15, 0.2) is 0 Å². The molecule has 0 atom stereocenters. The Kier molecular flexibility index (Phi) is 34.5. The van der Waals surface area contributed by atoms with Crippen molar-refractivity contribution in [2.75, 3.05) is 13.2 Å². The summed E-state index contributed by atoms with van der Waals surface area (Å²) in [5.41, 5.74) is 0. The second kappa shape index (κ2) is 29.9. The van der Waals surface area contributed by atoms with Crippen molar-refractivity contribution in [3.05, 3.63) is 0 Å². The van der Waals surface area contributed by atoms with Crippen LogP contribution in [-0.4, -0.2) is 49.1 Å². The van der Waals surface area contributed by atoms with Crippen molar-refractivity contribution in [1.82, 2.24) is 0 Å². The van der Waals surface area contributed by atoms with Crippen molar-refractivity contribution >= 4 is 35.8 Å². The van der Waals surface area contributed by atoms with Crippen LogP contribution in [0.3, 0.4) is 0 Å². The number of hydrogen-bond donors (Lipinski definition) is 0. The minimum Gasteiger partial charge on any atom is -0.466 e. The van der Waals surface area contributed by atoms with Gasteiger partial charge in [-0.25, -0.2) is 0 Å². The van der Waals surface area contributed by atoms with Crippen LogP contribution in [0, 0.1) is 0 Å². The summed E-state index contributed by atoms with van der Waals surface area (Å²) in [6.45, 7) is 9.78. The molecule has 0 spiro atoms. The van der Waals surface area contributed by atoms with E-state index in [2.05, 4.69) is 27.7 Å². The summed E-state index contributed by atoms with van der Waals surface area (Å²) >= 11 is 0. The van der Waals surface area contributed by atoms with Crippen LogP contribution >= 0.6 is 0 Å². The SMILES string of the molecule is CCCCCCCC(=O)OCCCC.CCCCCCCC(=O)OCCCC.[Sn]. The van der Waals surface area contributed by atoms with Crippen LogP contribution in [0.1, 0.15) is 130 Å². The zero-order valence-electron chi connectivity index (χ0n) is 19.9. The normalized spacial score (nSPS) is 9.79. The molecule has 0 aliphatic heterocycles. The van der Waals surface area contributed by atoms with Gasteiger partial charge < -0.3 is 9.47 Å². The molecular formula is C24H48O4Sn. The molecule has 0 aromatic carbocycles. The topological polar surface area (TPSA) is 52.6 Å². The van der Waals surface area contributed by atoms with E-state index in [1.54, 1.807) is 0 Å². The van der Waals surface area contributed by atoms with Gasteiger partial charge in [-0.1, -0.05) is 91.9 Å². The van der Waals surface area contributed by atoms with E-state index in [4.69, 9.17) is 9.47 Å². The fourth-order valence-electron chi connectivity index (χ4n) is 2.55. The van der Waals surface area contributed by atoms with E-state index in [0.717, 1.165) is 51.4 Å². The molecule has 0 N–H and O–H groups in total. The van der Waals surface area contributed by atoms with Crippen molar-refractivity contribution in [2.24, 2.45) is 0 Å². The van der Waals surface area contributed by atoms with E-state index in [1.165, 1.54) is 38.5 Å². The van der Waals surface area contributed by atoms with E-state index >= 15 is 0 Å². The van der Waals surface area contributed by atoms with Crippen molar-refractivity contribution in [3.63, 3.8) is 0 Å². The number of carbonyl (C=O) groups excluding carboxylic acids is 2. The fraction of sp³-hybridized carbons (Fsp3) is 0.917. The molecule has 29 heavy (non-hydrogen) atoms. The number of carbonyl (C=O) groups is 2. The monoisotopic (exact) mass is 520 g/mol. The van der Waals surface area contributed by atoms with Crippen molar-refractivity contribution in [1.29, 1.82) is 0 Å². The molecule has 172 valence electrons. The zero-order valence-corrected chi connectivity index (χ0v) is 22.7. The first-order valence-corrected chi connectivity index (χ1v) is 11.9. The van der Waals surface area contributed by atoms with Gasteiger partial charge in [-0.05, 0) is 25.7 Å². The Morgan fingerprint density at radius 3 is 1.10 bits per heavy atom. The maximum Gasteiger partial charge on any atom is 0.305 e. The van der Waals surface area contributed by atoms with Gasteiger partial charge >= 0.3 is 11.9 Å². The van der Waals surface area contributed by atoms with Gasteiger partial charge in [-0.2, -0.15) is 0 Å². The summed E-state index contributed by atoms with van der Waals surface area (Å²) in [6.07, 6.45) is 17.2. The Hall–Kier alpha value is -0.261. The third-order valence-electron chi connectivity index (χ3n) is 4.49. The minimum absolute atomic E-state index is 0. The van der Waals surface area contributed by atoms with Gasteiger partial charge in [0.25, 0.3) is 0 Å². The number of ether oxygens (including phenoxy) is 2. The van der Waals surface area contributed by atoms with Crippen LogP contribution < -0.4 is 0 Å². The van der Waals surface area contributed by atoms with Crippen LogP contribution in [0.15, 0.2) is 0 Å². The third kappa shape index (κ3) is 32.6. The summed E-state index contributed by atoms with van der Waals surface area (Å²) in [5, 5.41) is 0. The number of esters is 2. The molecule has 0 saturated carbocycles. The number of hydrogen-bond acceptors (Lipinski definition) is 4. The van der Waals surface area contributed by atoms with Crippen LogP contribution in [-0.2, 0) is 19.1 Å². The molecule has 0 rings (SSSR count). The summed E-state index contributed by atoms with van der Waals surface area (Å²) in [7, 11) is 0. The number of unbranched alkanes of at least 4 members (excludes halogenated alkanes) is 10. The molecule has 4 radical (unpaired) electrons. The van der Waals surface area contributed by atoms with E-state index in [0.29, 0.717) is 26.1 Å². The minimum atomic E-state index is -0.0186. The molecule has 4 nitrogen and oxygen atoms in total. The van der Waals surface area contributed by atoms with Crippen molar-refractivity contribution in [3.8, 4) is 0 Å². The first kappa shape index (κ1) is 33.4. The van der Waals surface area contributed by atoms with Crippen LogP contribution in [0.2, 0.25) is 0 Å². The molecule has 0 aliphatic rings. The molecule has 0 aromatic rings. The maximum atomic E-state index is 11.1. The molecule has 0 fully saturated rings. The molecular weight excluding hydrogens is 471 g/mol. The van der Waals surface area contributed by atoms with E-state index in [1.807, 2.05) is 0 Å². The van der Waals surface area contributed by atoms with E-state index in [-0.39, 0.29) is 35.8 Å². The second-order valence-corrected chi connectivity index (χ2v) is 7.48. The molecule has 0 aliphatic carbocycles. The molecule has 0 heterocycles. The molecule has 0 bridgehead atoms.